The quantitative estimate of drug-likeness (QED) is 0.289. The lowest BCUT2D eigenvalue weighted by atomic mass is 9.96. The number of nitrogens with one attached hydrogen (secondary N) is 1. The number of carbonyl (C=O) groups excluding carboxylic acids is 1. The van der Waals surface area contributed by atoms with Crippen LogP contribution in [0.15, 0.2) is 54.7 Å². The first-order valence-corrected chi connectivity index (χ1v) is 11.0. The van der Waals surface area contributed by atoms with Crippen molar-refractivity contribution in [2.45, 2.75) is 32.3 Å². The van der Waals surface area contributed by atoms with E-state index in [0.717, 1.165) is 22.4 Å². The first kappa shape index (κ1) is 21.8. The number of aromatic nitrogens is 1. The smallest absolute Gasteiger partial charge is 0.346 e. The molecule has 32 heavy (non-hydrogen) atoms. The number of rotatable bonds is 7. The number of carboxylic acids is 1. The Morgan fingerprint density at radius 2 is 1.75 bits per heavy atom. The monoisotopic (exact) mass is 449 g/mol. The third kappa shape index (κ3) is 4.04. The van der Waals surface area contributed by atoms with Gasteiger partial charge in [0, 0.05) is 28.2 Å². The van der Waals surface area contributed by atoms with E-state index < -0.39 is 17.4 Å². The highest BCUT2D eigenvalue weighted by atomic mass is 32.1. The minimum absolute atomic E-state index is 0.0101. The van der Waals surface area contributed by atoms with Gasteiger partial charge in [-0.3, -0.25) is 4.79 Å². The van der Waals surface area contributed by atoms with E-state index in [1.807, 2.05) is 18.2 Å². The van der Waals surface area contributed by atoms with Gasteiger partial charge in [0.25, 0.3) is 0 Å². The van der Waals surface area contributed by atoms with Gasteiger partial charge in [0.15, 0.2) is 0 Å². The Hall–Kier alpha value is -3.42. The number of para-hydroxylation sites is 1. The first-order chi connectivity index (χ1) is 15.2. The standard InChI is InChI=1S/C25H23NO5S/c1-25(2,31)12-11-15-9-6-10-16-17(13-26-19(15)16)20(27)23-21(28)18(22(32-23)24(29)30)14-7-4-3-5-8-14/h3-10,13,26,28,31H,11-12H2,1-2H3,(H,29,30). The number of aliphatic hydroxyl groups is 1. The number of ketones is 1. The molecule has 0 bridgehead atoms. The summed E-state index contributed by atoms with van der Waals surface area (Å²) in [6, 6.07) is 14.3. The zero-order chi connectivity index (χ0) is 23.0. The van der Waals surface area contributed by atoms with Gasteiger partial charge in [-0.05, 0) is 37.8 Å². The molecular formula is C25H23NO5S. The van der Waals surface area contributed by atoms with Crippen molar-refractivity contribution >= 4 is 34.0 Å². The molecule has 0 aliphatic heterocycles. The van der Waals surface area contributed by atoms with Gasteiger partial charge in [-0.2, -0.15) is 0 Å². The molecular weight excluding hydrogens is 426 g/mol. The second kappa shape index (κ2) is 8.26. The summed E-state index contributed by atoms with van der Waals surface area (Å²) >= 11 is 0.776. The molecule has 0 atom stereocenters. The third-order valence-corrected chi connectivity index (χ3v) is 6.56. The number of aryl methyl sites for hydroxylation is 1. The second-order valence-corrected chi connectivity index (χ2v) is 9.36. The summed E-state index contributed by atoms with van der Waals surface area (Å²) in [6.07, 6.45) is 2.77. The van der Waals surface area contributed by atoms with Gasteiger partial charge >= 0.3 is 5.97 Å². The number of hydrogen-bond acceptors (Lipinski definition) is 5. The second-order valence-electron chi connectivity index (χ2n) is 8.34. The molecule has 164 valence electrons. The number of H-pyrrole nitrogens is 1. The average Bonchev–Trinajstić information content (AvgIpc) is 3.33. The zero-order valence-electron chi connectivity index (χ0n) is 17.7. The van der Waals surface area contributed by atoms with Crippen LogP contribution in [-0.2, 0) is 6.42 Å². The molecule has 4 rings (SSSR count). The molecule has 7 heteroatoms. The van der Waals surface area contributed by atoms with Crippen molar-refractivity contribution < 1.29 is 24.9 Å². The fourth-order valence-electron chi connectivity index (χ4n) is 3.78. The maximum Gasteiger partial charge on any atom is 0.346 e. The highest BCUT2D eigenvalue weighted by molar-refractivity contribution is 7.17. The predicted octanol–water partition coefficient (Wildman–Crippen LogP) is 5.23. The lowest BCUT2D eigenvalue weighted by Gasteiger charge is -2.16. The molecule has 0 amide bonds. The summed E-state index contributed by atoms with van der Waals surface area (Å²) in [7, 11) is 0. The van der Waals surface area contributed by atoms with Crippen LogP contribution >= 0.6 is 11.3 Å². The molecule has 0 aliphatic carbocycles. The minimum atomic E-state index is -1.20. The van der Waals surface area contributed by atoms with E-state index in [9.17, 15) is 24.9 Å². The number of carbonyl (C=O) groups is 2. The number of fused-ring (bicyclic) bond motifs is 1. The van der Waals surface area contributed by atoms with Crippen LogP contribution < -0.4 is 0 Å². The minimum Gasteiger partial charge on any atom is -0.506 e. The van der Waals surface area contributed by atoms with E-state index in [2.05, 4.69) is 4.98 Å². The Labute approximate surface area is 188 Å². The van der Waals surface area contributed by atoms with E-state index in [4.69, 9.17) is 0 Å². The van der Waals surface area contributed by atoms with Crippen LogP contribution in [0.3, 0.4) is 0 Å². The third-order valence-electron chi connectivity index (χ3n) is 5.40. The van der Waals surface area contributed by atoms with E-state index in [1.54, 1.807) is 50.4 Å². The van der Waals surface area contributed by atoms with Gasteiger partial charge in [-0.15, -0.1) is 11.3 Å². The SMILES string of the molecule is CC(C)(O)CCc1cccc2c(C(=O)c3sc(C(=O)O)c(-c4ccccc4)c3O)c[nH]c12. The van der Waals surface area contributed by atoms with Crippen molar-refractivity contribution in [2.75, 3.05) is 0 Å². The van der Waals surface area contributed by atoms with E-state index >= 15 is 0 Å². The van der Waals surface area contributed by atoms with Crippen molar-refractivity contribution in [3.8, 4) is 16.9 Å². The summed E-state index contributed by atoms with van der Waals surface area (Å²) in [4.78, 5) is 28.3. The summed E-state index contributed by atoms with van der Waals surface area (Å²) in [6.45, 7) is 3.50. The lowest BCUT2D eigenvalue weighted by molar-refractivity contribution is 0.0698. The number of aromatic amines is 1. The molecule has 4 N–H and O–H groups in total. The van der Waals surface area contributed by atoms with Crippen LogP contribution in [0.1, 0.15) is 50.7 Å². The molecule has 0 radical (unpaired) electrons. The van der Waals surface area contributed by atoms with E-state index in [1.165, 1.54) is 0 Å². The number of benzene rings is 2. The van der Waals surface area contributed by atoms with Crippen LogP contribution in [0, 0.1) is 0 Å². The predicted molar refractivity (Wildman–Crippen MR) is 125 cm³/mol. The number of thiophene rings is 1. The first-order valence-electron chi connectivity index (χ1n) is 10.2. The molecule has 0 spiro atoms. The van der Waals surface area contributed by atoms with E-state index in [0.29, 0.717) is 29.4 Å². The van der Waals surface area contributed by atoms with Crippen molar-refractivity contribution in [3.05, 3.63) is 75.6 Å². The fourth-order valence-corrected chi connectivity index (χ4v) is 4.79. The number of aromatic hydroxyl groups is 1. The largest absolute Gasteiger partial charge is 0.506 e. The number of hydrogen-bond donors (Lipinski definition) is 4. The highest BCUT2D eigenvalue weighted by Gasteiger charge is 2.29. The average molecular weight is 450 g/mol. The van der Waals surface area contributed by atoms with Crippen LogP contribution in [-0.4, -0.2) is 37.7 Å². The summed E-state index contributed by atoms with van der Waals surface area (Å²) < 4.78 is 0. The Kier molecular flexibility index (Phi) is 5.62. The van der Waals surface area contributed by atoms with Crippen molar-refractivity contribution in [1.82, 2.24) is 4.98 Å². The Balaban J connectivity index is 1.78. The van der Waals surface area contributed by atoms with Gasteiger partial charge in [0.2, 0.25) is 5.78 Å². The van der Waals surface area contributed by atoms with Crippen LogP contribution in [0.5, 0.6) is 5.75 Å². The number of carboxylic acid groups (broad SMARTS) is 1. The summed E-state index contributed by atoms with van der Waals surface area (Å²) in [5, 5.41) is 31.3. The van der Waals surface area contributed by atoms with E-state index in [-0.39, 0.29) is 21.1 Å². The Morgan fingerprint density at radius 1 is 1.03 bits per heavy atom. The van der Waals surface area contributed by atoms with Crippen molar-refractivity contribution in [1.29, 1.82) is 0 Å². The molecule has 2 aromatic carbocycles. The molecule has 2 aromatic heterocycles. The molecule has 0 aliphatic rings. The molecule has 0 fully saturated rings. The molecule has 6 nitrogen and oxygen atoms in total. The maximum absolute atomic E-state index is 13.4. The Bertz CT molecular complexity index is 1310. The topological polar surface area (TPSA) is 111 Å². The van der Waals surface area contributed by atoms with Gasteiger partial charge in [0.1, 0.15) is 15.5 Å². The Morgan fingerprint density at radius 3 is 2.41 bits per heavy atom. The maximum atomic E-state index is 13.4. The molecule has 0 unspecified atom stereocenters. The summed E-state index contributed by atoms with van der Waals surface area (Å²) in [5.41, 5.74) is 1.99. The lowest BCUT2D eigenvalue weighted by Crippen LogP contribution is -2.19. The normalized spacial score (nSPS) is 11.7. The van der Waals surface area contributed by atoms with Crippen molar-refractivity contribution in [3.63, 3.8) is 0 Å². The molecule has 4 aromatic rings. The van der Waals surface area contributed by atoms with Gasteiger partial charge in [-0.25, -0.2) is 4.79 Å². The zero-order valence-corrected chi connectivity index (χ0v) is 18.5. The van der Waals surface area contributed by atoms with Gasteiger partial charge in [0.05, 0.1) is 5.60 Å². The fraction of sp³-hybridized carbons (Fsp3) is 0.200. The van der Waals surface area contributed by atoms with Gasteiger partial charge in [-0.1, -0.05) is 48.5 Å². The van der Waals surface area contributed by atoms with Crippen LogP contribution in [0.4, 0.5) is 0 Å². The molecule has 0 saturated heterocycles. The molecule has 2 heterocycles. The van der Waals surface area contributed by atoms with Crippen LogP contribution in [0.25, 0.3) is 22.0 Å². The van der Waals surface area contributed by atoms with Gasteiger partial charge < -0.3 is 20.3 Å². The molecule has 0 saturated carbocycles. The van der Waals surface area contributed by atoms with Crippen LogP contribution in [0.2, 0.25) is 0 Å². The highest BCUT2D eigenvalue weighted by Crippen LogP contribution is 2.43. The summed E-state index contributed by atoms with van der Waals surface area (Å²) in [5.74, 6) is -1.96. The number of aromatic carboxylic acids is 1. The van der Waals surface area contributed by atoms with Crippen molar-refractivity contribution in [2.24, 2.45) is 0 Å².